The highest BCUT2D eigenvalue weighted by atomic mass is 14.5. The standard InChI is InChI=1S/C11H11N/c1-2-10-5-7-11(8-6-10)4-3-9-12/h1,3-8H,9,12H2. The first-order valence-electron chi connectivity index (χ1n) is 3.80. The molecule has 0 heterocycles. The van der Waals surface area contributed by atoms with Crippen LogP contribution in [-0.4, -0.2) is 6.54 Å². The molecule has 0 amide bonds. The summed E-state index contributed by atoms with van der Waals surface area (Å²) in [6, 6.07) is 7.77. The third-order valence-corrected chi connectivity index (χ3v) is 1.52. The van der Waals surface area contributed by atoms with Crippen molar-refractivity contribution in [2.75, 3.05) is 6.54 Å². The Labute approximate surface area is 72.9 Å². The molecule has 1 aromatic rings. The second-order valence-corrected chi connectivity index (χ2v) is 2.40. The molecule has 0 atom stereocenters. The Balaban J connectivity index is 2.80. The maximum absolute atomic E-state index is 5.31. The van der Waals surface area contributed by atoms with Crippen molar-refractivity contribution in [3.63, 3.8) is 0 Å². The van der Waals surface area contributed by atoms with Gasteiger partial charge in [-0.15, -0.1) is 6.42 Å². The van der Waals surface area contributed by atoms with Gasteiger partial charge in [-0.05, 0) is 17.7 Å². The van der Waals surface area contributed by atoms with Gasteiger partial charge < -0.3 is 5.73 Å². The maximum Gasteiger partial charge on any atom is 0.0243 e. The summed E-state index contributed by atoms with van der Waals surface area (Å²) in [6.07, 6.45) is 9.09. The predicted molar refractivity (Wildman–Crippen MR) is 52.5 cm³/mol. The predicted octanol–water partition coefficient (Wildman–Crippen LogP) is 1.64. The quantitative estimate of drug-likeness (QED) is 0.649. The molecule has 2 N–H and O–H groups in total. The van der Waals surface area contributed by atoms with Crippen molar-refractivity contribution in [2.24, 2.45) is 5.73 Å². The molecule has 0 aliphatic heterocycles. The van der Waals surface area contributed by atoms with Crippen LogP contribution in [-0.2, 0) is 0 Å². The lowest BCUT2D eigenvalue weighted by atomic mass is 10.1. The molecule has 0 aliphatic carbocycles. The van der Waals surface area contributed by atoms with Gasteiger partial charge in [0.15, 0.2) is 0 Å². The van der Waals surface area contributed by atoms with Crippen LogP contribution in [0.3, 0.4) is 0 Å². The zero-order valence-corrected chi connectivity index (χ0v) is 6.83. The summed E-state index contributed by atoms with van der Waals surface area (Å²) in [5.41, 5.74) is 7.34. The van der Waals surface area contributed by atoms with Crippen molar-refractivity contribution >= 4 is 6.08 Å². The van der Waals surface area contributed by atoms with E-state index in [0.29, 0.717) is 6.54 Å². The number of benzene rings is 1. The molecule has 0 saturated carbocycles. The van der Waals surface area contributed by atoms with E-state index < -0.39 is 0 Å². The Morgan fingerprint density at radius 3 is 2.50 bits per heavy atom. The van der Waals surface area contributed by atoms with Gasteiger partial charge in [0.2, 0.25) is 0 Å². The molecule has 0 bridgehead atoms. The second kappa shape index (κ2) is 4.38. The Kier molecular flexibility index (Phi) is 3.13. The van der Waals surface area contributed by atoms with Crippen molar-refractivity contribution < 1.29 is 0 Å². The minimum atomic E-state index is 0.566. The number of rotatable bonds is 2. The molecule has 60 valence electrons. The third kappa shape index (κ3) is 2.26. The van der Waals surface area contributed by atoms with Gasteiger partial charge >= 0.3 is 0 Å². The van der Waals surface area contributed by atoms with E-state index >= 15 is 0 Å². The number of hydrogen-bond acceptors (Lipinski definition) is 1. The summed E-state index contributed by atoms with van der Waals surface area (Å²) in [5.74, 6) is 2.56. The van der Waals surface area contributed by atoms with Crippen LogP contribution < -0.4 is 5.73 Å². The highest BCUT2D eigenvalue weighted by Gasteiger charge is 1.86. The zero-order valence-electron chi connectivity index (χ0n) is 6.83. The first-order chi connectivity index (χ1) is 5.86. The molecule has 0 fully saturated rings. The topological polar surface area (TPSA) is 26.0 Å². The van der Waals surface area contributed by atoms with Crippen molar-refractivity contribution in [3.8, 4) is 12.3 Å². The minimum absolute atomic E-state index is 0.566. The molecule has 0 aliphatic rings. The van der Waals surface area contributed by atoms with Gasteiger partial charge in [-0.25, -0.2) is 0 Å². The highest BCUT2D eigenvalue weighted by molar-refractivity contribution is 5.51. The Morgan fingerprint density at radius 1 is 1.33 bits per heavy atom. The Hall–Kier alpha value is -1.52. The van der Waals surface area contributed by atoms with Crippen LogP contribution in [0.4, 0.5) is 0 Å². The summed E-state index contributed by atoms with van der Waals surface area (Å²) in [5, 5.41) is 0. The Bertz CT molecular complexity index is 301. The fraction of sp³-hybridized carbons (Fsp3) is 0.0909. The molecule has 1 rings (SSSR count). The van der Waals surface area contributed by atoms with E-state index in [1.165, 1.54) is 0 Å². The van der Waals surface area contributed by atoms with Gasteiger partial charge in [-0.3, -0.25) is 0 Å². The van der Waals surface area contributed by atoms with Crippen LogP contribution in [0.1, 0.15) is 11.1 Å². The van der Waals surface area contributed by atoms with E-state index in [1.807, 2.05) is 36.4 Å². The van der Waals surface area contributed by atoms with E-state index in [0.717, 1.165) is 11.1 Å². The van der Waals surface area contributed by atoms with Crippen LogP contribution in [0, 0.1) is 12.3 Å². The molecule has 1 heteroatoms. The van der Waals surface area contributed by atoms with Crippen molar-refractivity contribution in [1.29, 1.82) is 0 Å². The van der Waals surface area contributed by atoms with Gasteiger partial charge in [0, 0.05) is 12.1 Å². The SMILES string of the molecule is C#Cc1ccc(C=CCN)cc1. The van der Waals surface area contributed by atoms with Gasteiger partial charge in [0.05, 0.1) is 0 Å². The van der Waals surface area contributed by atoms with E-state index in [9.17, 15) is 0 Å². The molecule has 0 aromatic heterocycles. The van der Waals surface area contributed by atoms with Gasteiger partial charge in [-0.1, -0.05) is 30.2 Å². The highest BCUT2D eigenvalue weighted by Crippen LogP contribution is 2.04. The van der Waals surface area contributed by atoms with Crippen LogP contribution in [0.2, 0.25) is 0 Å². The lowest BCUT2D eigenvalue weighted by Crippen LogP contribution is -1.91. The average Bonchev–Trinajstić information content (AvgIpc) is 2.15. The molecule has 1 nitrogen and oxygen atoms in total. The minimum Gasteiger partial charge on any atom is -0.327 e. The lowest BCUT2D eigenvalue weighted by molar-refractivity contribution is 1.26. The van der Waals surface area contributed by atoms with E-state index in [2.05, 4.69) is 5.92 Å². The number of terminal acetylenes is 1. The van der Waals surface area contributed by atoms with E-state index in [1.54, 1.807) is 0 Å². The monoisotopic (exact) mass is 157 g/mol. The summed E-state index contributed by atoms with van der Waals surface area (Å²) < 4.78 is 0. The molecular weight excluding hydrogens is 146 g/mol. The van der Waals surface area contributed by atoms with Crippen LogP contribution in [0.5, 0.6) is 0 Å². The summed E-state index contributed by atoms with van der Waals surface area (Å²) >= 11 is 0. The first kappa shape index (κ1) is 8.58. The van der Waals surface area contributed by atoms with Crippen LogP contribution in [0.25, 0.3) is 6.08 Å². The fourth-order valence-corrected chi connectivity index (χ4v) is 0.895. The van der Waals surface area contributed by atoms with Crippen molar-refractivity contribution in [1.82, 2.24) is 0 Å². The summed E-state index contributed by atoms with van der Waals surface area (Å²) in [6.45, 7) is 0.566. The molecule has 0 unspecified atom stereocenters. The van der Waals surface area contributed by atoms with Gasteiger partial charge in [-0.2, -0.15) is 0 Å². The maximum atomic E-state index is 5.31. The summed E-state index contributed by atoms with van der Waals surface area (Å²) in [4.78, 5) is 0. The largest absolute Gasteiger partial charge is 0.327 e. The first-order valence-corrected chi connectivity index (χ1v) is 3.80. The molecule has 0 radical (unpaired) electrons. The smallest absolute Gasteiger partial charge is 0.0243 e. The zero-order chi connectivity index (χ0) is 8.81. The van der Waals surface area contributed by atoms with Crippen molar-refractivity contribution in [2.45, 2.75) is 0 Å². The van der Waals surface area contributed by atoms with Crippen LogP contribution in [0.15, 0.2) is 30.3 Å². The van der Waals surface area contributed by atoms with Crippen LogP contribution >= 0.6 is 0 Å². The van der Waals surface area contributed by atoms with E-state index in [-0.39, 0.29) is 0 Å². The lowest BCUT2D eigenvalue weighted by Gasteiger charge is -1.92. The number of nitrogens with two attached hydrogens (primary N) is 1. The van der Waals surface area contributed by atoms with Gasteiger partial charge in [0.25, 0.3) is 0 Å². The molecular formula is C11H11N. The molecule has 12 heavy (non-hydrogen) atoms. The molecule has 0 saturated heterocycles. The molecule has 1 aromatic carbocycles. The Morgan fingerprint density at radius 2 is 2.00 bits per heavy atom. The van der Waals surface area contributed by atoms with Gasteiger partial charge in [0.1, 0.15) is 0 Å². The summed E-state index contributed by atoms with van der Waals surface area (Å²) in [7, 11) is 0. The number of hydrogen-bond donors (Lipinski definition) is 1. The average molecular weight is 157 g/mol. The fourth-order valence-electron chi connectivity index (χ4n) is 0.895. The normalized spacial score (nSPS) is 10.0. The molecule has 0 spiro atoms. The second-order valence-electron chi connectivity index (χ2n) is 2.40. The van der Waals surface area contributed by atoms with E-state index in [4.69, 9.17) is 12.2 Å². The third-order valence-electron chi connectivity index (χ3n) is 1.52. The van der Waals surface area contributed by atoms with Crippen molar-refractivity contribution in [3.05, 3.63) is 41.5 Å².